The molecule has 0 fully saturated rings. The molecule has 0 aromatic heterocycles. The fraction of sp³-hybridized carbons (Fsp3) is 0.233. The number of benzene rings is 3. The molecule has 3 nitrogen and oxygen atoms in total. The van der Waals surface area contributed by atoms with Gasteiger partial charge in [0.1, 0.15) is 18.1 Å². The zero-order valence-corrected chi connectivity index (χ0v) is 20.0. The van der Waals surface area contributed by atoms with Crippen molar-refractivity contribution in [3.05, 3.63) is 96.1 Å². The molecule has 170 valence electrons. The molecule has 0 unspecified atom stereocenters. The van der Waals surface area contributed by atoms with E-state index in [1.165, 1.54) is 11.1 Å². The van der Waals surface area contributed by atoms with Crippen LogP contribution in [-0.4, -0.2) is 12.6 Å². The third kappa shape index (κ3) is 6.01. The average Bonchev–Trinajstić information content (AvgIpc) is 2.84. The number of aryl methyl sites for hydroxylation is 2. The molecule has 0 aliphatic carbocycles. The maximum Gasteiger partial charge on any atom is 0.338 e. The van der Waals surface area contributed by atoms with Gasteiger partial charge in [0.15, 0.2) is 0 Å². The van der Waals surface area contributed by atoms with Gasteiger partial charge >= 0.3 is 5.97 Å². The van der Waals surface area contributed by atoms with Gasteiger partial charge in [-0.15, -0.1) is 0 Å². The summed E-state index contributed by atoms with van der Waals surface area (Å²) in [4.78, 5) is 12.5. The van der Waals surface area contributed by atoms with E-state index in [1.807, 2.05) is 31.2 Å². The predicted octanol–water partition coefficient (Wildman–Crippen LogP) is 7.58. The largest absolute Gasteiger partial charge is 0.489 e. The zero-order chi connectivity index (χ0) is 23.8. The molecule has 0 N–H and O–H groups in total. The minimum atomic E-state index is -0.448. The topological polar surface area (TPSA) is 35.5 Å². The Morgan fingerprint density at radius 3 is 1.79 bits per heavy atom. The van der Waals surface area contributed by atoms with E-state index in [2.05, 4.69) is 69.0 Å². The Balaban J connectivity index is 2.19. The smallest absolute Gasteiger partial charge is 0.338 e. The van der Waals surface area contributed by atoms with Crippen molar-refractivity contribution >= 4 is 5.97 Å². The third-order valence-electron chi connectivity index (χ3n) is 5.55. The molecule has 0 amide bonds. The number of esters is 1. The van der Waals surface area contributed by atoms with Gasteiger partial charge in [0.05, 0.1) is 0 Å². The average molecular weight is 441 g/mol. The lowest BCUT2D eigenvalue weighted by Crippen LogP contribution is -2.09. The second-order valence-electron chi connectivity index (χ2n) is 8.00. The van der Waals surface area contributed by atoms with Crippen LogP contribution >= 0.6 is 0 Å². The summed E-state index contributed by atoms with van der Waals surface area (Å²) in [6.45, 7) is 12.1. The second kappa shape index (κ2) is 11.3. The number of hydrogen-bond acceptors (Lipinski definition) is 3. The quantitative estimate of drug-likeness (QED) is 0.149. The zero-order valence-electron chi connectivity index (χ0n) is 20.0. The summed E-state index contributed by atoms with van der Waals surface area (Å²) in [7, 11) is 0. The van der Waals surface area contributed by atoms with Crippen LogP contribution in [0.15, 0.2) is 85.0 Å². The first-order chi connectivity index (χ1) is 16.0. The van der Waals surface area contributed by atoms with Gasteiger partial charge in [-0.3, -0.25) is 0 Å². The van der Waals surface area contributed by atoms with Crippen LogP contribution in [-0.2, 0) is 17.6 Å². The Morgan fingerprint density at radius 1 is 0.848 bits per heavy atom. The summed E-state index contributed by atoms with van der Waals surface area (Å²) in [5.74, 6) is 0.776. The molecular weight excluding hydrogens is 408 g/mol. The summed E-state index contributed by atoms with van der Waals surface area (Å²) < 4.78 is 12.0. The van der Waals surface area contributed by atoms with Gasteiger partial charge in [-0.25, -0.2) is 4.79 Å². The van der Waals surface area contributed by atoms with Crippen LogP contribution in [0.1, 0.15) is 38.8 Å². The molecule has 3 aromatic rings. The number of carbonyl (C=O) groups excluding carboxylic acids is 1. The van der Waals surface area contributed by atoms with Crippen molar-refractivity contribution in [3.63, 3.8) is 0 Å². The van der Waals surface area contributed by atoms with Crippen molar-refractivity contribution in [2.45, 2.75) is 40.5 Å². The Morgan fingerprint density at radius 2 is 1.33 bits per heavy atom. The minimum Gasteiger partial charge on any atom is -0.489 e. The maximum absolute atomic E-state index is 12.5. The number of ether oxygens (including phenoxy) is 2. The highest BCUT2D eigenvalue weighted by Crippen LogP contribution is 2.41. The van der Waals surface area contributed by atoms with E-state index >= 15 is 0 Å². The van der Waals surface area contributed by atoms with Crippen LogP contribution in [0.4, 0.5) is 0 Å². The van der Waals surface area contributed by atoms with E-state index in [0.717, 1.165) is 40.8 Å². The lowest BCUT2D eigenvalue weighted by atomic mass is 9.96. The lowest BCUT2D eigenvalue weighted by Gasteiger charge is -2.17. The molecule has 0 aliphatic heterocycles. The van der Waals surface area contributed by atoms with Crippen LogP contribution in [0.2, 0.25) is 0 Å². The van der Waals surface area contributed by atoms with Crippen LogP contribution in [0.25, 0.3) is 22.3 Å². The Labute approximate surface area is 197 Å². The molecule has 3 heteroatoms. The molecule has 0 heterocycles. The van der Waals surface area contributed by atoms with Crippen molar-refractivity contribution in [1.29, 1.82) is 0 Å². The van der Waals surface area contributed by atoms with Crippen LogP contribution < -0.4 is 9.47 Å². The maximum atomic E-state index is 12.5. The normalized spacial score (nSPS) is 10.9. The molecule has 0 saturated carbocycles. The van der Waals surface area contributed by atoms with E-state index in [-0.39, 0.29) is 0 Å². The molecule has 3 rings (SSSR count). The predicted molar refractivity (Wildman–Crippen MR) is 137 cm³/mol. The molecule has 0 aliphatic rings. The standard InChI is InChI=1S/C30H32O3/c1-6-9-18-32-28-19-27(25-16-12-23(8-3)13-17-25)29(33-30(31)21(4)5)20-26(28)24-14-10-22(7-2)11-15-24/h6,9-17,19-20H,4,7-8,18H2,1-3,5H3/b9-6+. The van der Waals surface area contributed by atoms with E-state index in [9.17, 15) is 4.79 Å². The lowest BCUT2D eigenvalue weighted by molar-refractivity contribution is -0.130. The van der Waals surface area contributed by atoms with Gasteiger partial charge in [-0.2, -0.15) is 0 Å². The Kier molecular flexibility index (Phi) is 8.26. The van der Waals surface area contributed by atoms with Gasteiger partial charge in [-0.05, 0) is 61.1 Å². The molecule has 33 heavy (non-hydrogen) atoms. The van der Waals surface area contributed by atoms with E-state index in [4.69, 9.17) is 9.47 Å². The highest BCUT2D eigenvalue weighted by atomic mass is 16.5. The minimum absolute atomic E-state index is 0.351. The first-order valence-corrected chi connectivity index (χ1v) is 11.4. The highest BCUT2D eigenvalue weighted by Gasteiger charge is 2.18. The van der Waals surface area contributed by atoms with Crippen LogP contribution in [0.3, 0.4) is 0 Å². The van der Waals surface area contributed by atoms with Crippen molar-refractivity contribution in [2.75, 3.05) is 6.61 Å². The van der Waals surface area contributed by atoms with Crippen molar-refractivity contribution in [2.24, 2.45) is 0 Å². The summed E-state index contributed by atoms with van der Waals surface area (Å²) >= 11 is 0. The fourth-order valence-corrected chi connectivity index (χ4v) is 3.48. The first-order valence-electron chi connectivity index (χ1n) is 11.4. The molecule has 0 atom stereocenters. The fourth-order valence-electron chi connectivity index (χ4n) is 3.48. The van der Waals surface area contributed by atoms with Crippen LogP contribution in [0.5, 0.6) is 11.5 Å². The van der Waals surface area contributed by atoms with E-state index in [1.54, 1.807) is 6.92 Å². The number of carbonyl (C=O) groups is 1. The number of allylic oxidation sites excluding steroid dienone is 1. The molecule has 3 aromatic carbocycles. The third-order valence-corrected chi connectivity index (χ3v) is 5.55. The van der Waals surface area contributed by atoms with Crippen molar-refractivity contribution in [3.8, 4) is 33.8 Å². The summed E-state index contributed by atoms with van der Waals surface area (Å²) in [5, 5.41) is 0. The molecular formula is C30H32O3. The summed E-state index contributed by atoms with van der Waals surface area (Å²) in [6.07, 6.45) is 5.86. The van der Waals surface area contributed by atoms with Gasteiger partial charge in [0.2, 0.25) is 0 Å². The van der Waals surface area contributed by atoms with Gasteiger partial charge < -0.3 is 9.47 Å². The number of rotatable bonds is 9. The summed E-state index contributed by atoms with van der Waals surface area (Å²) in [6, 6.07) is 20.5. The highest BCUT2D eigenvalue weighted by molar-refractivity contribution is 5.91. The molecule has 0 bridgehead atoms. The number of hydrogen-bond donors (Lipinski definition) is 0. The summed E-state index contributed by atoms with van der Waals surface area (Å²) in [5.41, 5.74) is 6.50. The Hall–Kier alpha value is -3.59. The van der Waals surface area contributed by atoms with Crippen molar-refractivity contribution < 1.29 is 14.3 Å². The molecule has 0 spiro atoms. The monoisotopic (exact) mass is 440 g/mol. The first kappa shape index (κ1) is 24.1. The van der Waals surface area contributed by atoms with Gasteiger partial charge in [0.25, 0.3) is 0 Å². The Bertz CT molecular complexity index is 1140. The molecule has 0 radical (unpaired) electrons. The molecule has 0 saturated heterocycles. The van der Waals surface area contributed by atoms with Gasteiger partial charge in [0, 0.05) is 16.7 Å². The van der Waals surface area contributed by atoms with Gasteiger partial charge in [-0.1, -0.05) is 81.1 Å². The second-order valence-corrected chi connectivity index (χ2v) is 8.00. The van der Waals surface area contributed by atoms with E-state index < -0.39 is 5.97 Å². The SMILES string of the molecule is C=C(C)C(=O)Oc1cc(-c2ccc(CC)cc2)c(OC/C=C/C)cc1-c1ccc(CC)cc1. The van der Waals surface area contributed by atoms with Crippen LogP contribution in [0, 0.1) is 0 Å². The van der Waals surface area contributed by atoms with E-state index in [0.29, 0.717) is 17.9 Å². The van der Waals surface area contributed by atoms with Crippen molar-refractivity contribution in [1.82, 2.24) is 0 Å².